The van der Waals surface area contributed by atoms with Crippen LogP contribution in [0.25, 0.3) is 0 Å². The van der Waals surface area contributed by atoms with Gasteiger partial charge in [-0.15, -0.1) is 5.10 Å². The predicted octanol–water partition coefficient (Wildman–Crippen LogP) is 1.13. The molecule has 1 aromatic rings. The van der Waals surface area contributed by atoms with Crippen LogP contribution in [0.2, 0.25) is 0 Å². The van der Waals surface area contributed by atoms with E-state index in [9.17, 15) is 4.79 Å². The van der Waals surface area contributed by atoms with Crippen LogP contribution in [0.4, 0.5) is 0 Å². The second-order valence-electron chi connectivity index (χ2n) is 4.38. The first kappa shape index (κ1) is 11.7. The fourth-order valence-electron chi connectivity index (χ4n) is 1.62. The number of H-pyrrole nitrogens is 1. The number of thioether (sulfide) groups is 1. The summed E-state index contributed by atoms with van der Waals surface area (Å²) < 4.78 is 1.79. The van der Waals surface area contributed by atoms with E-state index in [2.05, 4.69) is 10.2 Å². The molecule has 1 fully saturated rings. The third kappa shape index (κ3) is 2.89. The summed E-state index contributed by atoms with van der Waals surface area (Å²) in [5.41, 5.74) is 5.61. The Kier molecular flexibility index (Phi) is 3.70. The summed E-state index contributed by atoms with van der Waals surface area (Å²) in [5, 5.41) is 7.40. The molecule has 0 spiro atoms. The van der Waals surface area contributed by atoms with Crippen molar-refractivity contribution in [3.8, 4) is 0 Å². The maximum absolute atomic E-state index is 11.5. The van der Waals surface area contributed by atoms with Crippen molar-refractivity contribution in [2.75, 3.05) is 5.75 Å². The van der Waals surface area contributed by atoms with Crippen molar-refractivity contribution in [1.82, 2.24) is 14.8 Å². The number of aromatic nitrogens is 3. The largest absolute Gasteiger partial charge is 0.344 e. The summed E-state index contributed by atoms with van der Waals surface area (Å²) >= 11 is 1.64. The van der Waals surface area contributed by atoms with E-state index in [1.165, 1.54) is 0 Å². The Labute approximate surface area is 98.8 Å². The normalized spacial score (nSPS) is 17.6. The number of aromatic amines is 1. The Balaban J connectivity index is 1.87. The van der Waals surface area contributed by atoms with Gasteiger partial charge in [0.05, 0.1) is 0 Å². The minimum absolute atomic E-state index is 0.0720. The molecule has 90 valence electrons. The minimum Gasteiger partial charge on any atom is -0.328 e. The number of nitrogens with two attached hydrogens (primary N) is 1. The Morgan fingerprint density at radius 3 is 3.06 bits per heavy atom. The number of hydrogen-bond acceptors (Lipinski definition) is 4. The lowest BCUT2D eigenvalue weighted by molar-refractivity contribution is 0.637. The van der Waals surface area contributed by atoms with E-state index in [4.69, 9.17) is 5.73 Å². The first-order chi connectivity index (χ1) is 7.68. The smallest absolute Gasteiger partial charge is 0.328 e. The van der Waals surface area contributed by atoms with Gasteiger partial charge in [-0.3, -0.25) is 4.57 Å². The van der Waals surface area contributed by atoms with E-state index >= 15 is 0 Å². The molecule has 3 N–H and O–H groups in total. The summed E-state index contributed by atoms with van der Waals surface area (Å²) in [6, 6.07) is 0.646. The van der Waals surface area contributed by atoms with E-state index in [-0.39, 0.29) is 11.7 Å². The van der Waals surface area contributed by atoms with Crippen molar-refractivity contribution in [3.05, 3.63) is 10.5 Å². The quantitative estimate of drug-likeness (QED) is 0.579. The highest BCUT2D eigenvalue weighted by molar-refractivity contribution is 7.99. The van der Waals surface area contributed by atoms with E-state index in [1.54, 1.807) is 16.3 Å². The molecule has 1 saturated carbocycles. The van der Waals surface area contributed by atoms with Gasteiger partial charge in [0.15, 0.2) is 5.16 Å². The van der Waals surface area contributed by atoms with E-state index in [0.717, 1.165) is 36.6 Å². The summed E-state index contributed by atoms with van der Waals surface area (Å²) in [4.78, 5) is 11.5. The second-order valence-corrected chi connectivity index (χ2v) is 5.44. The topological polar surface area (TPSA) is 76.7 Å². The van der Waals surface area contributed by atoms with E-state index < -0.39 is 0 Å². The van der Waals surface area contributed by atoms with Crippen LogP contribution in [0.3, 0.4) is 0 Å². The van der Waals surface area contributed by atoms with Gasteiger partial charge in [0.2, 0.25) is 0 Å². The van der Waals surface area contributed by atoms with E-state index in [1.807, 2.05) is 6.92 Å². The molecule has 6 heteroatoms. The first-order valence-electron chi connectivity index (χ1n) is 5.73. The number of nitrogens with zero attached hydrogens (tertiary/aromatic N) is 2. The lowest BCUT2D eigenvalue weighted by atomic mass is 10.2. The van der Waals surface area contributed by atoms with Crippen LogP contribution in [0.5, 0.6) is 0 Å². The van der Waals surface area contributed by atoms with Gasteiger partial charge >= 0.3 is 5.69 Å². The SMILES string of the molecule is CC(N)CCCSc1n[nH]c(=O)n1C1CC1. The first-order valence-corrected chi connectivity index (χ1v) is 6.72. The highest BCUT2D eigenvalue weighted by Crippen LogP contribution is 2.36. The molecule has 0 radical (unpaired) electrons. The molecule has 0 saturated heterocycles. The Hall–Kier alpha value is -0.750. The molecule has 1 atom stereocenters. The van der Waals surface area contributed by atoms with Crippen LogP contribution in [0, 0.1) is 0 Å². The zero-order chi connectivity index (χ0) is 11.5. The van der Waals surface area contributed by atoms with Gasteiger partial charge in [-0.05, 0) is 32.6 Å². The molecule has 0 bridgehead atoms. The minimum atomic E-state index is -0.0720. The third-order valence-corrected chi connectivity index (χ3v) is 3.66. The third-order valence-electron chi connectivity index (χ3n) is 2.62. The maximum Gasteiger partial charge on any atom is 0.344 e. The Bertz CT molecular complexity index is 394. The molecule has 1 unspecified atom stereocenters. The molecular formula is C10H18N4OS. The average molecular weight is 242 g/mol. The molecule has 5 nitrogen and oxygen atoms in total. The van der Waals surface area contributed by atoms with Crippen molar-refractivity contribution >= 4 is 11.8 Å². The van der Waals surface area contributed by atoms with Crippen molar-refractivity contribution in [2.24, 2.45) is 5.73 Å². The maximum atomic E-state index is 11.5. The van der Waals surface area contributed by atoms with Gasteiger partial charge in [0.1, 0.15) is 0 Å². The molecule has 16 heavy (non-hydrogen) atoms. The van der Waals surface area contributed by atoms with Crippen molar-refractivity contribution in [1.29, 1.82) is 0 Å². The van der Waals surface area contributed by atoms with Gasteiger partial charge < -0.3 is 5.73 Å². The van der Waals surface area contributed by atoms with Crippen molar-refractivity contribution < 1.29 is 0 Å². The van der Waals surface area contributed by atoms with Crippen LogP contribution >= 0.6 is 11.8 Å². The van der Waals surface area contributed by atoms with Gasteiger partial charge in [0, 0.05) is 17.8 Å². The predicted molar refractivity (Wildman–Crippen MR) is 64.7 cm³/mol. The van der Waals surface area contributed by atoms with Crippen LogP contribution in [-0.2, 0) is 0 Å². The monoisotopic (exact) mass is 242 g/mol. The summed E-state index contributed by atoms with van der Waals surface area (Å²) in [5.74, 6) is 0.971. The highest BCUT2D eigenvalue weighted by atomic mass is 32.2. The van der Waals surface area contributed by atoms with Crippen molar-refractivity contribution in [3.63, 3.8) is 0 Å². The summed E-state index contributed by atoms with van der Waals surface area (Å²) in [6.45, 7) is 2.01. The second kappa shape index (κ2) is 5.05. The van der Waals surface area contributed by atoms with E-state index in [0.29, 0.717) is 6.04 Å². The van der Waals surface area contributed by atoms with Gasteiger partial charge in [-0.1, -0.05) is 11.8 Å². The van der Waals surface area contributed by atoms with Crippen LogP contribution in [-0.4, -0.2) is 26.6 Å². The number of nitrogens with one attached hydrogen (secondary N) is 1. The van der Waals surface area contributed by atoms with Crippen LogP contribution in [0.15, 0.2) is 9.95 Å². The lowest BCUT2D eigenvalue weighted by Gasteiger charge is -2.05. The summed E-state index contributed by atoms with van der Waals surface area (Å²) in [6.07, 6.45) is 4.29. The van der Waals surface area contributed by atoms with Gasteiger partial charge in [-0.25, -0.2) is 9.89 Å². The zero-order valence-electron chi connectivity index (χ0n) is 9.48. The Morgan fingerprint density at radius 1 is 1.69 bits per heavy atom. The molecule has 1 aromatic heterocycles. The molecule has 1 heterocycles. The molecule has 1 aliphatic rings. The fraction of sp³-hybridized carbons (Fsp3) is 0.800. The fourth-order valence-corrected chi connectivity index (χ4v) is 2.59. The Morgan fingerprint density at radius 2 is 2.44 bits per heavy atom. The molecular weight excluding hydrogens is 224 g/mol. The van der Waals surface area contributed by atoms with Crippen LogP contribution < -0.4 is 11.4 Å². The molecule has 1 aliphatic carbocycles. The van der Waals surface area contributed by atoms with Gasteiger partial charge in [0.25, 0.3) is 0 Å². The summed E-state index contributed by atoms with van der Waals surface area (Å²) in [7, 11) is 0. The molecule has 2 rings (SSSR count). The molecule has 0 aromatic carbocycles. The van der Waals surface area contributed by atoms with Crippen molar-refractivity contribution in [2.45, 2.75) is 49.8 Å². The van der Waals surface area contributed by atoms with Gasteiger partial charge in [-0.2, -0.15) is 0 Å². The molecule has 0 aliphatic heterocycles. The highest BCUT2D eigenvalue weighted by Gasteiger charge is 2.28. The number of hydrogen-bond donors (Lipinski definition) is 2. The molecule has 0 amide bonds. The standard InChI is InChI=1S/C10H18N4OS/c1-7(11)3-2-6-16-10-13-12-9(15)14(10)8-4-5-8/h7-8H,2-6,11H2,1H3,(H,12,15). The van der Waals surface area contributed by atoms with Crippen LogP contribution in [0.1, 0.15) is 38.6 Å². The zero-order valence-corrected chi connectivity index (χ0v) is 10.3. The number of rotatable bonds is 6. The average Bonchev–Trinajstić information content (AvgIpc) is 2.99. The lowest BCUT2D eigenvalue weighted by Crippen LogP contribution is -2.16.